The molecule has 2 aromatic heterocycles. The molecule has 4 rings (SSSR count). The van der Waals surface area contributed by atoms with Crippen LogP contribution in [0, 0.1) is 25.2 Å². The van der Waals surface area contributed by atoms with E-state index in [1.54, 1.807) is 4.52 Å². The fourth-order valence-corrected chi connectivity index (χ4v) is 4.98. The summed E-state index contributed by atoms with van der Waals surface area (Å²) in [5.41, 5.74) is 4.85. The highest BCUT2D eigenvalue weighted by molar-refractivity contribution is 8.00. The van der Waals surface area contributed by atoms with Gasteiger partial charge in [-0.3, -0.25) is 4.79 Å². The molecule has 29 heavy (non-hydrogen) atoms. The molecule has 0 fully saturated rings. The van der Waals surface area contributed by atoms with E-state index in [0.29, 0.717) is 29.3 Å². The van der Waals surface area contributed by atoms with Gasteiger partial charge in [-0.05, 0) is 44.4 Å². The summed E-state index contributed by atoms with van der Waals surface area (Å²) >= 11 is 1.84. The van der Waals surface area contributed by atoms with Gasteiger partial charge >= 0.3 is 0 Å². The number of nitriles is 1. The average molecular weight is 406 g/mol. The molecule has 1 aliphatic rings. The highest BCUT2D eigenvalue weighted by Gasteiger charge is 2.24. The summed E-state index contributed by atoms with van der Waals surface area (Å²) in [6.45, 7) is 6.85. The summed E-state index contributed by atoms with van der Waals surface area (Å²) in [4.78, 5) is 20.8. The Bertz CT molecular complexity index is 1130. The Hall–Kier alpha value is -2.85. The number of aryl methyl sites for hydroxylation is 2. The van der Waals surface area contributed by atoms with Crippen LogP contribution < -0.4 is 4.90 Å². The number of benzene rings is 1. The molecule has 0 bridgehead atoms. The highest BCUT2D eigenvalue weighted by atomic mass is 32.2. The first kappa shape index (κ1) is 19.5. The fraction of sp³-hybridized carbons (Fsp3) is 0.364. The second-order valence-electron chi connectivity index (χ2n) is 7.40. The van der Waals surface area contributed by atoms with Gasteiger partial charge in [0.25, 0.3) is 0 Å². The molecule has 0 saturated carbocycles. The number of hydrogen-bond donors (Lipinski definition) is 0. The second-order valence-corrected chi connectivity index (χ2v) is 8.88. The third-order valence-electron chi connectivity index (χ3n) is 5.46. The van der Waals surface area contributed by atoms with Gasteiger partial charge in [0.15, 0.2) is 5.65 Å². The zero-order valence-electron chi connectivity index (χ0n) is 16.8. The van der Waals surface area contributed by atoms with Gasteiger partial charge in [0.1, 0.15) is 11.6 Å². The van der Waals surface area contributed by atoms with Crippen LogP contribution in [0.3, 0.4) is 0 Å². The number of amides is 1. The van der Waals surface area contributed by atoms with Crippen LogP contribution in [0.5, 0.6) is 0 Å². The number of thioether (sulfide) groups is 1. The van der Waals surface area contributed by atoms with Crippen LogP contribution in [0.4, 0.5) is 5.69 Å². The molecule has 148 valence electrons. The minimum atomic E-state index is 0.129. The summed E-state index contributed by atoms with van der Waals surface area (Å²) in [6, 6.07) is 10.3. The maximum absolute atomic E-state index is 13.2. The molecule has 3 heterocycles. The lowest BCUT2D eigenvalue weighted by Crippen LogP contribution is -2.32. The van der Waals surface area contributed by atoms with Gasteiger partial charge in [0.2, 0.25) is 5.91 Å². The Kier molecular flexibility index (Phi) is 5.29. The van der Waals surface area contributed by atoms with Crippen molar-refractivity contribution in [3.05, 3.63) is 53.0 Å². The SMILES string of the molecule is Cc1nc2c(C#N)cnn2c(C)c1CCC(=O)N1CC[C@@H](C)Sc2ccccc21. The Morgan fingerprint density at radius 3 is 2.93 bits per heavy atom. The lowest BCUT2D eigenvalue weighted by molar-refractivity contribution is -0.118. The minimum absolute atomic E-state index is 0.129. The first-order valence-electron chi connectivity index (χ1n) is 9.79. The number of nitrogens with zero attached hydrogens (tertiary/aromatic N) is 5. The third-order valence-corrected chi connectivity index (χ3v) is 6.70. The summed E-state index contributed by atoms with van der Waals surface area (Å²) in [7, 11) is 0. The first-order valence-corrected chi connectivity index (χ1v) is 10.7. The van der Waals surface area contributed by atoms with Crippen LogP contribution in [0.2, 0.25) is 0 Å². The number of hydrogen-bond acceptors (Lipinski definition) is 5. The number of carbonyl (C=O) groups excluding carboxylic acids is 1. The minimum Gasteiger partial charge on any atom is -0.311 e. The molecular formula is C22H23N5OS. The molecule has 0 unspecified atom stereocenters. The van der Waals surface area contributed by atoms with E-state index in [-0.39, 0.29) is 5.91 Å². The van der Waals surface area contributed by atoms with Crippen LogP contribution in [-0.4, -0.2) is 32.3 Å². The Morgan fingerprint density at radius 1 is 1.34 bits per heavy atom. The number of fused-ring (bicyclic) bond motifs is 2. The van der Waals surface area contributed by atoms with E-state index in [2.05, 4.69) is 29.1 Å². The predicted molar refractivity (Wildman–Crippen MR) is 114 cm³/mol. The van der Waals surface area contributed by atoms with E-state index >= 15 is 0 Å². The van der Waals surface area contributed by atoms with Crippen LogP contribution in [-0.2, 0) is 11.2 Å². The van der Waals surface area contributed by atoms with Crippen LogP contribution in [0.1, 0.15) is 42.3 Å². The van der Waals surface area contributed by atoms with Gasteiger partial charge in [-0.2, -0.15) is 10.4 Å². The van der Waals surface area contributed by atoms with Crippen molar-refractivity contribution in [2.75, 3.05) is 11.4 Å². The maximum Gasteiger partial charge on any atom is 0.227 e. The Labute approximate surface area is 174 Å². The van der Waals surface area contributed by atoms with E-state index in [4.69, 9.17) is 0 Å². The Morgan fingerprint density at radius 2 is 2.14 bits per heavy atom. The number of anilines is 1. The molecule has 0 saturated heterocycles. The molecule has 1 aromatic carbocycles. The first-order chi connectivity index (χ1) is 14.0. The van der Waals surface area contributed by atoms with Gasteiger partial charge in [-0.25, -0.2) is 9.50 Å². The molecule has 3 aromatic rings. The Balaban J connectivity index is 1.58. The second kappa shape index (κ2) is 7.88. The molecule has 0 spiro atoms. The van der Waals surface area contributed by atoms with Gasteiger partial charge in [0, 0.05) is 34.5 Å². The van der Waals surface area contributed by atoms with E-state index in [1.165, 1.54) is 11.1 Å². The van der Waals surface area contributed by atoms with E-state index in [0.717, 1.165) is 35.6 Å². The van der Waals surface area contributed by atoms with Crippen molar-refractivity contribution in [3.8, 4) is 6.07 Å². The normalized spacial score (nSPS) is 16.3. The highest BCUT2D eigenvalue weighted by Crippen LogP contribution is 2.37. The van der Waals surface area contributed by atoms with E-state index in [1.807, 2.05) is 48.7 Å². The summed E-state index contributed by atoms with van der Waals surface area (Å²) in [5.74, 6) is 0.129. The van der Waals surface area contributed by atoms with Crippen LogP contribution in [0.25, 0.3) is 5.65 Å². The van der Waals surface area contributed by atoms with E-state index < -0.39 is 0 Å². The predicted octanol–water partition coefficient (Wildman–Crippen LogP) is 4.07. The monoisotopic (exact) mass is 405 g/mol. The number of aromatic nitrogens is 3. The zero-order chi connectivity index (χ0) is 20.5. The molecule has 1 aliphatic heterocycles. The average Bonchev–Trinajstić information content (AvgIpc) is 3.03. The largest absolute Gasteiger partial charge is 0.311 e. The van der Waals surface area contributed by atoms with Crippen molar-refractivity contribution in [3.63, 3.8) is 0 Å². The van der Waals surface area contributed by atoms with Crippen molar-refractivity contribution in [2.45, 2.75) is 50.2 Å². The van der Waals surface area contributed by atoms with Crippen molar-refractivity contribution in [1.29, 1.82) is 5.26 Å². The lowest BCUT2D eigenvalue weighted by Gasteiger charge is -2.23. The number of rotatable bonds is 3. The zero-order valence-corrected chi connectivity index (χ0v) is 17.7. The maximum atomic E-state index is 13.2. The lowest BCUT2D eigenvalue weighted by atomic mass is 10.1. The van der Waals surface area contributed by atoms with Crippen molar-refractivity contribution >= 4 is 29.0 Å². The van der Waals surface area contributed by atoms with Gasteiger partial charge < -0.3 is 4.90 Å². The quantitative estimate of drug-likeness (QED) is 0.657. The van der Waals surface area contributed by atoms with Crippen molar-refractivity contribution in [2.24, 2.45) is 0 Å². The fourth-order valence-electron chi connectivity index (χ4n) is 3.86. The third kappa shape index (κ3) is 3.60. The summed E-state index contributed by atoms with van der Waals surface area (Å²) in [5, 5.41) is 14.0. The van der Waals surface area contributed by atoms with Gasteiger partial charge in [-0.1, -0.05) is 19.1 Å². The van der Waals surface area contributed by atoms with Gasteiger partial charge in [-0.15, -0.1) is 11.8 Å². The summed E-state index contributed by atoms with van der Waals surface area (Å²) in [6.07, 6.45) is 3.52. The molecule has 0 aliphatic carbocycles. The topological polar surface area (TPSA) is 74.3 Å². The molecule has 0 radical (unpaired) electrons. The molecule has 1 amide bonds. The standard InChI is InChI=1S/C22H23N5OS/c1-14-10-11-26(19-6-4-5-7-20(19)29-14)21(28)9-8-18-15(2)25-22-17(12-23)13-24-27(22)16(18)3/h4-7,13-14H,8-11H2,1-3H3/t14-/m1/s1. The smallest absolute Gasteiger partial charge is 0.227 e. The molecule has 7 heteroatoms. The molecular weight excluding hydrogens is 382 g/mol. The molecule has 0 N–H and O–H groups in total. The van der Waals surface area contributed by atoms with Crippen LogP contribution >= 0.6 is 11.8 Å². The number of carbonyl (C=O) groups is 1. The molecule has 1 atom stereocenters. The van der Waals surface area contributed by atoms with Crippen molar-refractivity contribution in [1.82, 2.24) is 14.6 Å². The van der Waals surface area contributed by atoms with Gasteiger partial charge in [0.05, 0.1) is 11.9 Å². The molecule has 6 nitrogen and oxygen atoms in total. The van der Waals surface area contributed by atoms with Crippen LogP contribution in [0.15, 0.2) is 35.4 Å². The summed E-state index contributed by atoms with van der Waals surface area (Å²) < 4.78 is 1.70. The van der Waals surface area contributed by atoms with Crippen molar-refractivity contribution < 1.29 is 4.79 Å². The number of para-hydroxylation sites is 1. The van der Waals surface area contributed by atoms with E-state index in [9.17, 15) is 10.1 Å².